The van der Waals surface area contributed by atoms with Gasteiger partial charge in [-0.25, -0.2) is 4.98 Å². The number of hydrogen-bond donors (Lipinski definition) is 0. The molecule has 7 heteroatoms. The predicted octanol–water partition coefficient (Wildman–Crippen LogP) is 4.02. The van der Waals surface area contributed by atoms with E-state index in [0.29, 0.717) is 17.3 Å². The first-order valence-corrected chi connectivity index (χ1v) is 6.88. The minimum Gasteiger partial charge on any atom is -0.431 e. The monoisotopic (exact) mass is 305 g/mol. The fourth-order valence-corrected chi connectivity index (χ4v) is 2.19. The van der Waals surface area contributed by atoms with Crippen molar-refractivity contribution in [1.82, 2.24) is 9.97 Å². The maximum Gasteiger partial charge on any atom is 0.311 e. The normalized spacial score (nSPS) is 14.0. The van der Waals surface area contributed by atoms with Crippen LogP contribution in [0.3, 0.4) is 0 Å². The molecule has 0 spiro atoms. The van der Waals surface area contributed by atoms with E-state index in [0.717, 1.165) is 12.8 Å². The molecule has 1 saturated carbocycles. The average molecular weight is 306 g/mol. The lowest BCUT2D eigenvalue weighted by atomic mass is 10.2. The quantitative estimate of drug-likeness (QED) is 0.484. The zero-order chi connectivity index (χ0) is 15.0. The van der Waals surface area contributed by atoms with Crippen molar-refractivity contribution in [3.63, 3.8) is 0 Å². The van der Waals surface area contributed by atoms with Gasteiger partial charge in [-0.1, -0.05) is 23.7 Å². The van der Waals surface area contributed by atoms with E-state index in [2.05, 4.69) is 9.97 Å². The smallest absolute Gasteiger partial charge is 0.311 e. The maximum atomic E-state index is 11.1. The summed E-state index contributed by atoms with van der Waals surface area (Å²) < 4.78 is 5.62. The largest absolute Gasteiger partial charge is 0.431 e. The van der Waals surface area contributed by atoms with Crippen LogP contribution in [-0.2, 0) is 0 Å². The zero-order valence-corrected chi connectivity index (χ0v) is 12.0. The summed E-state index contributed by atoms with van der Waals surface area (Å²) in [6, 6.07) is 6.21. The second-order valence-corrected chi connectivity index (χ2v) is 5.33. The Morgan fingerprint density at radius 2 is 2.14 bits per heavy atom. The van der Waals surface area contributed by atoms with Crippen molar-refractivity contribution in [2.24, 2.45) is 0 Å². The van der Waals surface area contributed by atoms with Crippen LogP contribution in [0.1, 0.15) is 30.1 Å². The Morgan fingerprint density at radius 1 is 1.38 bits per heavy atom. The van der Waals surface area contributed by atoms with Crippen LogP contribution < -0.4 is 4.74 Å². The first-order valence-electron chi connectivity index (χ1n) is 6.51. The van der Waals surface area contributed by atoms with Crippen molar-refractivity contribution in [2.75, 3.05) is 0 Å². The molecule has 2 aromatic rings. The summed E-state index contributed by atoms with van der Waals surface area (Å²) >= 11 is 5.97. The van der Waals surface area contributed by atoms with Crippen LogP contribution in [0, 0.1) is 17.0 Å². The lowest BCUT2D eigenvalue weighted by Crippen LogP contribution is -1.99. The van der Waals surface area contributed by atoms with Crippen LogP contribution in [0.2, 0.25) is 5.15 Å². The Morgan fingerprint density at radius 3 is 2.81 bits per heavy atom. The molecule has 0 bridgehead atoms. The topological polar surface area (TPSA) is 78.2 Å². The summed E-state index contributed by atoms with van der Waals surface area (Å²) in [6.07, 6.45) is 2.06. The van der Waals surface area contributed by atoms with E-state index in [1.54, 1.807) is 19.1 Å². The highest BCUT2D eigenvalue weighted by Gasteiger charge is 2.28. The number of aryl methyl sites for hydroxylation is 1. The number of benzene rings is 1. The van der Waals surface area contributed by atoms with Crippen LogP contribution in [0.15, 0.2) is 24.3 Å². The number of nitrogens with zero attached hydrogens (tertiary/aromatic N) is 3. The van der Waals surface area contributed by atoms with Crippen molar-refractivity contribution in [3.05, 3.63) is 50.9 Å². The summed E-state index contributed by atoms with van der Waals surface area (Å²) in [4.78, 5) is 19.1. The summed E-state index contributed by atoms with van der Waals surface area (Å²) in [6.45, 7) is 1.74. The molecule has 1 aromatic heterocycles. The van der Waals surface area contributed by atoms with E-state index < -0.39 is 4.92 Å². The van der Waals surface area contributed by atoms with Crippen molar-refractivity contribution >= 4 is 17.3 Å². The van der Waals surface area contributed by atoms with Gasteiger partial charge in [-0.2, -0.15) is 4.98 Å². The summed E-state index contributed by atoms with van der Waals surface area (Å²) in [5.74, 6) is 1.36. The van der Waals surface area contributed by atoms with Gasteiger partial charge >= 0.3 is 5.69 Å². The summed E-state index contributed by atoms with van der Waals surface area (Å²) in [5.41, 5.74) is 0.560. The van der Waals surface area contributed by atoms with Gasteiger partial charge in [-0.3, -0.25) is 10.1 Å². The lowest BCUT2D eigenvalue weighted by Gasteiger charge is -2.09. The van der Waals surface area contributed by atoms with E-state index in [9.17, 15) is 10.1 Å². The Hall–Kier alpha value is -2.21. The van der Waals surface area contributed by atoms with Gasteiger partial charge in [0.1, 0.15) is 11.0 Å². The van der Waals surface area contributed by atoms with Crippen molar-refractivity contribution in [3.8, 4) is 11.6 Å². The molecule has 1 aliphatic carbocycles. The highest BCUT2D eigenvalue weighted by Crippen LogP contribution is 2.40. The molecule has 0 saturated heterocycles. The third-order valence-corrected chi connectivity index (χ3v) is 3.42. The lowest BCUT2D eigenvalue weighted by molar-refractivity contribution is -0.385. The second-order valence-electron chi connectivity index (χ2n) is 4.94. The van der Waals surface area contributed by atoms with Gasteiger partial charge in [0.25, 0.3) is 0 Å². The van der Waals surface area contributed by atoms with Crippen LogP contribution >= 0.6 is 11.6 Å². The molecular weight excluding hydrogens is 294 g/mol. The first kappa shape index (κ1) is 13.8. The third kappa shape index (κ3) is 2.95. The standard InChI is InChI=1S/C14H12ClN3O3/c1-8-3-2-4-10(18(19)20)13(8)21-12-7-11(15)16-14(17-12)9-5-6-9/h2-4,7,9H,5-6H2,1H3. The Kier molecular flexibility index (Phi) is 3.47. The van der Waals surface area contributed by atoms with Gasteiger partial charge < -0.3 is 4.74 Å². The third-order valence-electron chi connectivity index (χ3n) is 3.23. The van der Waals surface area contributed by atoms with Gasteiger partial charge in [-0.05, 0) is 25.3 Å². The summed E-state index contributed by atoms with van der Waals surface area (Å²) in [5, 5.41) is 11.4. The number of nitro benzene ring substituents is 1. The molecule has 1 heterocycles. The van der Waals surface area contributed by atoms with Gasteiger partial charge in [0.05, 0.1) is 4.92 Å². The van der Waals surface area contributed by atoms with E-state index in [1.807, 2.05) is 0 Å². The van der Waals surface area contributed by atoms with E-state index in [1.165, 1.54) is 12.1 Å². The molecule has 0 aliphatic heterocycles. The van der Waals surface area contributed by atoms with E-state index in [-0.39, 0.29) is 22.5 Å². The Balaban J connectivity index is 1.98. The zero-order valence-electron chi connectivity index (χ0n) is 11.2. The number of halogens is 1. The number of para-hydroxylation sites is 1. The molecule has 0 unspecified atom stereocenters. The molecule has 0 radical (unpaired) electrons. The number of ether oxygens (including phenoxy) is 1. The van der Waals surface area contributed by atoms with Gasteiger partial charge in [0.15, 0.2) is 0 Å². The molecule has 1 aromatic carbocycles. The summed E-state index contributed by atoms with van der Waals surface area (Å²) in [7, 11) is 0. The van der Waals surface area contributed by atoms with Crippen LogP contribution in [0.4, 0.5) is 5.69 Å². The molecule has 0 amide bonds. The van der Waals surface area contributed by atoms with Gasteiger partial charge in [0, 0.05) is 18.1 Å². The molecule has 3 rings (SSSR count). The number of hydrogen-bond acceptors (Lipinski definition) is 5. The molecule has 1 aliphatic rings. The number of rotatable bonds is 4. The van der Waals surface area contributed by atoms with E-state index in [4.69, 9.17) is 16.3 Å². The minimum absolute atomic E-state index is 0.0993. The van der Waals surface area contributed by atoms with Gasteiger partial charge in [0.2, 0.25) is 11.6 Å². The molecule has 108 valence electrons. The number of aromatic nitrogens is 2. The molecule has 0 atom stereocenters. The van der Waals surface area contributed by atoms with Crippen molar-refractivity contribution < 1.29 is 9.66 Å². The Bertz CT molecular complexity index is 717. The molecule has 0 N–H and O–H groups in total. The van der Waals surface area contributed by atoms with Crippen molar-refractivity contribution in [2.45, 2.75) is 25.7 Å². The number of nitro groups is 1. The minimum atomic E-state index is -0.479. The average Bonchev–Trinajstić information content (AvgIpc) is 3.24. The van der Waals surface area contributed by atoms with E-state index >= 15 is 0 Å². The fourth-order valence-electron chi connectivity index (χ4n) is 2.01. The Labute approximate surface area is 125 Å². The van der Waals surface area contributed by atoms with Crippen LogP contribution in [0.25, 0.3) is 0 Å². The van der Waals surface area contributed by atoms with Crippen molar-refractivity contribution in [1.29, 1.82) is 0 Å². The molecule has 1 fully saturated rings. The predicted molar refractivity (Wildman–Crippen MR) is 76.9 cm³/mol. The SMILES string of the molecule is Cc1cccc([N+](=O)[O-])c1Oc1cc(Cl)nc(C2CC2)n1. The van der Waals surface area contributed by atoms with Crippen LogP contribution in [-0.4, -0.2) is 14.9 Å². The second kappa shape index (κ2) is 5.29. The van der Waals surface area contributed by atoms with Gasteiger partial charge in [-0.15, -0.1) is 0 Å². The molecular formula is C14H12ClN3O3. The maximum absolute atomic E-state index is 11.1. The fraction of sp³-hybridized carbons (Fsp3) is 0.286. The van der Waals surface area contributed by atoms with Crippen LogP contribution in [0.5, 0.6) is 11.6 Å². The molecule has 6 nitrogen and oxygen atoms in total. The first-order chi connectivity index (χ1) is 10.0. The highest BCUT2D eigenvalue weighted by atomic mass is 35.5. The highest BCUT2D eigenvalue weighted by molar-refractivity contribution is 6.29. The molecule has 21 heavy (non-hydrogen) atoms.